The summed E-state index contributed by atoms with van der Waals surface area (Å²) in [7, 11) is 0. The van der Waals surface area contributed by atoms with Crippen molar-refractivity contribution in [3.05, 3.63) is 131 Å². The molecule has 2 N–H and O–H groups in total. The number of nitrogens with zero attached hydrogens (tertiary/aromatic N) is 2. The molecule has 2 aromatic carbocycles. The van der Waals surface area contributed by atoms with Gasteiger partial charge in [0.2, 0.25) is 5.91 Å². The minimum atomic E-state index is -0.276. The molecule has 0 bridgehead atoms. The molecule has 6 heteroatoms. The molecule has 0 saturated heterocycles. The van der Waals surface area contributed by atoms with E-state index in [2.05, 4.69) is 15.3 Å². The largest absolute Gasteiger partial charge is 0.460 e. The number of aryl methyl sites for hydroxylation is 1. The van der Waals surface area contributed by atoms with Crippen LogP contribution in [0.25, 0.3) is 11.0 Å². The van der Waals surface area contributed by atoms with Gasteiger partial charge in [-0.25, -0.2) is 0 Å². The second-order valence-electron chi connectivity index (χ2n) is 8.86. The van der Waals surface area contributed by atoms with Gasteiger partial charge in [-0.1, -0.05) is 36.4 Å². The zero-order valence-electron chi connectivity index (χ0n) is 20.0. The van der Waals surface area contributed by atoms with E-state index in [9.17, 15) is 9.90 Å². The Bertz CT molecular complexity index is 1470. The van der Waals surface area contributed by atoms with Crippen LogP contribution in [0, 0.1) is 6.92 Å². The molecule has 0 radical (unpaired) electrons. The molecule has 5 aromatic rings. The van der Waals surface area contributed by atoms with Crippen LogP contribution in [0.1, 0.15) is 45.5 Å². The summed E-state index contributed by atoms with van der Waals surface area (Å²) in [6.45, 7) is 1.93. The molecule has 3 heterocycles. The third-order valence-electron chi connectivity index (χ3n) is 6.41. The molecule has 6 nitrogen and oxygen atoms in total. The summed E-state index contributed by atoms with van der Waals surface area (Å²) in [5, 5.41) is 14.1. The Morgan fingerprint density at radius 1 is 0.944 bits per heavy atom. The number of rotatable bonds is 8. The normalized spacial score (nSPS) is 12.8. The topological polar surface area (TPSA) is 88.2 Å². The van der Waals surface area contributed by atoms with E-state index in [1.807, 2.05) is 85.9 Å². The monoisotopic (exact) mass is 477 g/mol. The van der Waals surface area contributed by atoms with Crippen LogP contribution in [0.15, 0.2) is 102 Å². The molecule has 0 aliphatic rings. The summed E-state index contributed by atoms with van der Waals surface area (Å²) < 4.78 is 6.04. The molecule has 0 aliphatic carbocycles. The number of amides is 1. The van der Waals surface area contributed by atoms with Crippen molar-refractivity contribution in [3.8, 4) is 0 Å². The van der Waals surface area contributed by atoms with Gasteiger partial charge >= 0.3 is 0 Å². The average molecular weight is 478 g/mol. The zero-order chi connectivity index (χ0) is 24.9. The number of fused-ring (bicyclic) bond motifs is 1. The van der Waals surface area contributed by atoms with Crippen LogP contribution >= 0.6 is 0 Å². The lowest BCUT2D eigenvalue weighted by Gasteiger charge is -2.21. The Hall–Kier alpha value is -4.29. The Morgan fingerprint density at radius 3 is 2.47 bits per heavy atom. The van der Waals surface area contributed by atoms with Gasteiger partial charge in [-0.3, -0.25) is 14.8 Å². The van der Waals surface area contributed by atoms with Crippen LogP contribution in [0.4, 0.5) is 0 Å². The molecular weight excluding hydrogens is 450 g/mol. The smallest absolute Gasteiger partial charge is 0.225 e. The first-order valence-electron chi connectivity index (χ1n) is 11.9. The van der Waals surface area contributed by atoms with Crippen LogP contribution in [0.5, 0.6) is 0 Å². The summed E-state index contributed by atoms with van der Waals surface area (Å²) in [4.78, 5) is 21.4. The summed E-state index contributed by atoms with van der Waals surface area (Å²) in [6, 6.07) is 23.1. The van der Waals surface area contributed by atoms with Crippen molar-refractivity contribution in [1.29, 1.82) is 0 Å². The number of hydrogen-bond donors (Lipinski definition) is 2. The van der Waals surface area contributed by atoms with Gasteiger partial charge in [-0.2, -0.15) is 0 Å². The van der Waals surface area contributed by atoms with E-state index in [1.165, 1.54) is 0 Å². The van der Waals surface area contributed by atoms with Crippen LogP contribution in [-0.4, -0.2) is 27.6 Å². The molecule has 0 aliphatic heterocycles. The van der Waals surface area contributed by atoms with E-state index < -0.39 is 0 Å². The van der Waals surface area contributed by atoms with Crippen molar-refractivity contribution >= 4 is 16.9 Å². The van der Waals surface area contributed by atoms with E-state index in [1.54, 1.807) is 18.6 Å². The maximum atomic E-state index is 13.2. The first-order valence-corrected chi connectivity index (χ1v) is 11.9. The van der Waals surface area contributed by atoms with Gasteiger partial charge in [-0.15, -0.1) is 0 Å². The summed E-state index contributed by atoms with van der Waals surface area (Å²) in [5.74, 6) is 0.327. The molecule has 1 amide bonds. The van der Waals surface area contributed by atoms with Crippen molar-refractivity contribution in [3.63, 3.8) is 0 Å². The van der Waals surface area contributed by atoms with Gasteiger partial charge in [0.05, 0.1) is 25.0 Å². The minimum Gasteiger partial charge on any atom is -0.460 e. The number of nitrogens with one attached hydrogen (secondary N) is 1. The second-order valence-corrected chi connectivity index (χ2v) is 8.86. The van der Waals surface area contributed by atoms with Crippen LogP contribution < -0.4 is 5.32 Å². The molecule has 2 unspecified atom stereocenters. The Balaban J connectivity index is 1.37. The van der Waals surface area contributed by atoms with Gasteiger partial charge in [-0.05, 0) is 71.1 Å². The predicted molar refractivity (Wildman–Crippen MR) is 138 cm³/mol. The second kappa shape index (κ2) is 10.5. The quantitative estimate of drug-likeness (QED) is 0.325. The number of aliphatic hydroxyl groups is 1. The van der Waals surface area contributed by atoms with Crippen LogP contribution in [0.3, 0.4) is 0 Å². The van der Waals surface area contributed by atoms with E-state index in [0.717, 1.165) is 38.8 Å². The number of carbonyl (C=O) groups excluding carboxylic acids is 1. The molecule has 0 spiro atoms. The van der Waals surface area contributed by atoms with E-state index in [0.29, 0.717) is 5.76 Å². The molecule has 0 saturated carbocycles. The third kappa shape index (κ3) is 5.04. The van der Waals surface area contributed by atoms with E-state index in [-0.39, 0.29) is 30.9 Å². The number of furan rings is 1. The van der Waals surface area contributed by atoms with Gasteiger partial charge in [0.15, 0.2) is 0 Å². The summed E-state index contributed by atoms with van der Waals surface area (Å²) in [6.07, 6.45) is 7.20. The molecule has 36 heavy (non-hydrogen) atoms. The van der Waals surface area contributed by atoms with Crippen molar-refractivity contribution in [2.75, 3.05) is 6.61 Å². The fourth-order valence-corrected chi connectivity index (χ4v) is 4.54. The number of aromatic nitrogens is 2. The summed E-state index contributed by atoms with van der Waals surface area (Å²) in [5.41, 5.74) is 5.59. The maximum absolute atomic E-state index is 13.2. The molecule has 180 valence electrons. The molecule has 2 atom stereocenters. The van der Waals surface area contributed by atoms with E-state index in [4.69, 9.17) is 4.42 Å². The number of carbonyl (C=O) groups is 1. The third-order valence-corrected chi connectivity index (χ3v) is 6.41. The van der Waals surface area contributed by atoms with Gasteiger partial charge in [0.1, 0.15) is 11.3 Å². The fourth-order valence-electron chi connectivity index (χ4n) is 4.54. The van der Waals surface area contributed by atoms with Crippen molar-refractivity contribution in [2.24, 2.45) is 0 Å². The minimum absolute atomic E-state index is 0.0750. The first kappa shape index (κ1) is 23.5. The maximum Gasteiger partial charge on any atom is 0.225 e. The fraction of sp³-hybridized carbons (Fsp3) is 0.167. The first-order chi connectivity index (χ1) is 17.6. The number of hydrogen-bond acceptors (Lipinski definition) is 5. The van der Waals surface area contributed by atoms with Crippen LogP contribution in [-0.2, 0) is 11.2 Å². The number of pyridine rings is 2. The highest BCUT2D eigenvalue weighted by Gasteiger charge is 2.20. The summed E-state index contributed by atoms with van der Waals surface area (Å²) >= 11 is 0. The van der Waals surface area contributed by atoms with Crippen molar-refractivity contribution in [1.82, 2.24) is 15.3 Å². The lowest BCUT2D eigenvalue weighted by atomic mass is 9.96. The highest BCUT2D eigenvalue weighted by Crippen LogP contribution is 2.30. The standard InChI is InChI=1S/C30H27N3O3/c1-20-18-32-14-11-25(20)30(23-5-3-2-4-6-23)33-29(35)16-21-7-8-27-24(15-21)17-28(36-27)26(19-34)22-9-12-31-13-10-22/h2-15,17-18,26,30,34H,16,19H2,1H3,(H,33,35). The Kier molecular flexibility index (Phi) is 6.87. The average Bonchev–Trinajstić information content (AvgIpc) is 3.32. The predicted octanol–water partition coefficient (Wildman–Crippen LogP) is 5.10. The highest BCUT2D eigenvalue weighted by atomic mass is 16.3. The molecule has 0 fully saturated rings. The highest BCUT2D eigenvalue weighted by molar-refractivity contribution is 5.83. The van der Waals surface area contributed by atoms with Gasteiger partial charge in [0, 0.05) is 30.2 Å². The lowest BCUT2D eigenvalue weighted by molar-refractivity contribution is -0.120. The van der Waals surface area contributed by atoms with Crippen molar-refractivity contribution in [2.45, 2.75) is 25.3 Å². The zero-order valence-corrected chi connectivity index (χ0v) is 20.0. The van der Waals surface area contributed by atoms with Crippen LogP contribution in [0.2, 0.25) is 0 Å². The lowest BCUT2D eigenvalue weighted by Crippen LogP contribution is -2.31. The van der Waals surface area contributed by atoms with E-state index >= 15 is 0 Å². The molecule has 5 rings (SSSR count). The number of aliphatic hydroxyl groups excluding tert-OH is 1. The molecular formula is C30H27N3O3. The Morgan fingerprint density at radius 2 is 1.72 bits per heavy atom. The molecule has 3 aromatic heterocycles. The SMILES string of the molecule is Cc1cnccc1C(NC(=O)Cc1ccc2oc(C(CO)c3ccncc3)cc2c1)c1ccccc1. The van der Waals surface area contributed by atoms with Crippen molar-refractivity contribution < 1.29 is 14.3 Å². The van der Waals surface area contributed by atoms with Gasteiger partial charge < -0.3 is 14.8 Å². The Labute approximate surface area is 209 Å². The number of benzene rings is 2. The van der Waals surface area contributed by atoms with Gasteiger partial charge in [0.25, 0.3) is 0 Å².